The molecule has 0 fully saturated rings. The zero-order chi connectivity index (χ0) is 20.0. The Hall–Kier alpha value is -1.77. The van der Waals surface area contributed by atoms with Gasteiger partial charge < -0.3 is 5.32 Å². The Morgan fingerprint density at radius 2 is 1.81 bits per heavy atom. The Balaban J connectivity index is 1.94. The number of aryl methyl sites for hydroxylation is 2. The monoisotopic (exact) mass is 409 g/mol. The van der Waals surface area contributed by atoms with Gasteiger partial charge in [-0.25, -0.2) is 18.1 Å². The van der Waals surface area contributed by atoms with Gasteiger partial charge in [-0.05, 0) is 44.7 Å². The summed E-state index contributed by atoms with van der Waals surface area (Å²) in [5.41, 5.74) is 2.39. The molecule has 2 N–H and O–H groups in total. The molecule has 1 amide bonds. The second kappa shape index (κ2) is 9.43. The average molecular weight is 410 g/mol. The molecular weight excluding hydrogens is 382 g/mol. The average Bonchev–Trinajstić information content (AvgIpc) is 2.93. The van der Waals surface area contributed by atoms with E-state index in [1.807, 2.05) is 19.1 Å². The van der Waals surface area contributed by atoms with Crippen LogP contribution in [0.3, 0.4) is 0 Å². The number of aromatic nitrogens is 1. The molecular formula is C19H27N3O3S2. The van der Waals surface area contributed by atoms with Crippen molar-refractivity contribution in [1.82, 2.24) is 15.0 Å². The Kier molecular flexibility index (Phi) is 7.52. The van der Waals surface area contributed by atoms with Crippen LogP contribution in [0.2, 0.25) is 0 Å². The highest BCUT2D eigenvalue weighted by Crippen LogP contribution is 2.19. The first kappa shape index (κ1) is 21.5. The topological polar surface area (TPSA) is 88.2 Å². The largest absolute Gasteiger partial charge is 0.347 e. The lowest BCUT2D eigenvalue weighted by molar-refractivity contribution is 0.0954. The number of sulfonamides is 1. The molecule has 0 bridgehead atoms. The summed E-state index contributed by atoms with van der Waals surface area (Å²) in [5, 5.41) is 3.89. The van der Waals surface area contributed by atoms with Gasteiger partial charge in [0.2, 0.25) is 10.0 Å². The Morgan fingerprint density at radius 3 is 2.41 bits per heavy atom. The van der Waals surface area contributed by atoms with Gasteiger partial charge in [0.15, 0.2) is 0 Å². The van der Waals surface area contributed by atoms with E-state index in [1.54, 1.807) is 26.0 Å². The number of thiazole rings is 1. The Bertz CT molecular complexity index is 872. The zero-order valence-electron chi connectivity index (χ0n) is 16.2. The molecule has 0 aliphatic rings. The first-order chi connectivity index (χ1) is 12.7. The first-order valence-corrected chi connectivity index (χ1v) is 11.5. The molecule has 1 aromatic carbocycles. The van der Waals surface area contributed by atoms with Crippen molar-refractivity contribution in [2.75, 3.05) is 0 Å². The van der Waals surface area contributed by atoms with Crippen molar-refractivity contribution in [1.29, 1.82) is 0 Å². The summed E-state index contributed by atoms with van der Waals surface area (Å²) in [6, 6.07) is 7.10. The van der Waals surface area contributed by atoms with E-state index in [-0.39, 0.29) is 17.7 Å². The van der Waals surface area contributed by atoms with E-state index in [0.717, 1.165) is 29.1 Å². The van der Waals surface area contributed by atoms with Crippen LogP contribution in [0.15, 0.2) is 24.3 Å². The van der Waals surface area contributed by atoms with Crippen molar-refractivity contribution < 1.29 is 13.2 Å². The number of nitrogens with one attached hydrogen (secondary N) is 2. The van der Waals surface area contributed by atoms with Gasteiger partial charge in [0.25, 0.3) is 5.91 Å². The second-order valence-electron chi connectivity index (χ2n) is 6.80. The summed E-state index contributed by atoms with van der Waals surface area (Å²) >= 11 is 1.44. The van der Waals surface area contributed by atoms with Gasteiger partial charge in [-0.1, -0.05) is 31.2 Å². The number of hydrogen-bond acceptors (Lipinski definition) is 5. The van der Waals surface area contributed by atoms with E-state index in [9.17, 15) is 13.2 Å². The van der Waals surface area contributed by atoms with Gasteiger partial charge in [-0.2, -0.15) is 0 Å². The first-order valence-electron chi connectivity index (χ1n) is 9.02. The van der Waals surface area contributed by atoms with Gasteiger partial charge in [-0.3, -0.25) is 4.79 Å². The van der Waals surface area contributed by atoms with Gasteiger partial charge in [0.05, 0.1) is 16.5 Å². The van der Waals surface area contributed by atoms with E-state index in [0.29, 0.717) is 17.0 Å². The molecule has 1 heterocycles. The quantitative estimate of drug-likeness (QED) is 0.666. The molecule has 0 unspecified atom stereocenters. The number of hydrogen-bond donors (Lipinski definition) is 2. The molecule has 0 aliphatic carbocycles. The molecule has 27 heavy (non-hydrogen) atoms. The number of carbonyl (C=O) groups is 1. The highest BCUT2D eigenvalue weighted by Gasteiger charge is 2.15. The molecule has 0 radical (unpaired) electrons. The molecule has 0 saturated carbocycles. The van der Waals surface area contributed by atoms with E-state index in [4.69, 9.17) is 0 Å². The fraction of sp³-hybridized carbons (Fsp3) is 0.474. The summed E-state index contributed by atoms with van der Waals surface area (Å²) in [7, 11) is -3.34. The number of carbonyl (C=O) groups excluding carboxylic acids is 1. The molecule has 1 aromatic heterocycles. The lowest BCUT2D eigenvalue weighted by Gasteiger charge is -2.10. The summed E-state index contributed by atoms with van der Waals surface area (Å²) in [6.45, 7) is 7.91. The molecule has 0 spiro atoms. The van der Waals surface area contributed by atoms with E-state index in [1.165, 1.54) is 11.3 Å². The van der Waals surface area contributed by atoms with Gasteiger partial charge in [0, 0.05) is 12.6 Å². The van der Waals surface area contributed by atoms with Crippen LogP contribution in [0, 0.1) is 6.92 Å². The summed E-state index contributed by atoms with van der Waals surface area (Å²) < 4.78 is 26.5. The molecule has 8 heteroatoms. The third-order valence-corrected chi connectivity index (χ3v) is 6.52. The minimum absolute atomic E-state index is 0.0575. The Morgan fingerprint density at radius 1 is 1.19 bits per heavy atom. The Labute approximate surface area is 165 Å². The summed E-state index contributed by atoms with van der Waals surface area (Å²) in [4.78, 5) is 17.5. The van der Waals surface area contributed by atoms with Crippen LogP contribution in [0.25, 0.3) is 0 Å². The minimum atomic E-state index is -3.34. The lowest BCUT2D eigenvalue weighted by atomic mass is 10.1. The smallest absolute Gasteiger partial charge is 0.263 e. The molecule has 0 atom stereocenters. The predicted molar refractivity (Wildman–Crippen MR) is 109 cm³/mol. The highest BCUT2D eigenvalue weighted by molar-refractivity contribution is 7.88. The third-order valence-electron chi connectivity index (χ3n) is 3.76. The third kappa shape index (κ3) is 6.71. The normalized spacial score (nSPS) is 11.7. The summed E-state index contributed by atoms with van der Waals surface area (Å²) in [6.07, 6.45) is 1.89. The zero-order valence-corrected chi connectivity index (χ0v) is 17.8. The second-order valence-corrected chi connectivity index (χ2v) is 9.64. The molecule has 148 valence electrons. The fourth-order valence-electron chi connectivity index (χ4n) is 2.62. The number of nitrogens with zero attached hydrogens (tertiary/aromatic N) is 1. The van der Waals surface area contributed by atoms with Gasteiger partial charge in [0.1, 0.15) is 4.88 Å². The van der Waals surface area contributed by atoms with Gasteiger partial charge in [-0.15, -0.1) is 11.3 Å². The van der Waals surface area contributed by atoms with Crippen LogP contribution >= 0.6 is 11.3 Å². The maximum atomic E-state index is 12.4. The SMILES string of the molecule is CCCc1nc(C)c(C(=O)NCc2ccc(CS(=O)(=O)NC(C)C)cc2)s1. The van der Waals surface area contributed by atoms with Crippen molar-refractivity contribution in [3.8, 4) is 0 Å². The maximum absolute atomic E-state index is 12.4. The van der Waals surface area contributed by atoms with Crippen LogP contribution < -0.4 is 10.0 Å². The van der Waals surface area contributed by atoms with Crippen LogP contribution in [0.1, 0.15) is 58.7 Å². The predicted octanol–water partition coefficient (Wildman–Crippen LogP) is 3.16. The van der Waals surface area contributed by atoms with Crippen molar-refractivity contribution in [3.63, 3.8) is 0 Å². The molecule has 2 rings (SSSR count). The van der Waals surface area contributed by atoms with Crippen LogP contribution in [0.4, 0.5) is 0 Å². The fourth-order valence-corrected chi connectivity index (χ4v) is 5.14. The van der Waals surface area contributed by atoms with Crippen molar-refractivity contribution in [3.05, 3.63) is 51.0 Å². The summed E-state index contributed by atoms with van der Waals surface area (Å²) in [5.74, 6) is -0.182. The number of rotatable bonds is 9. The highest BCUT2D eigenvalue weighted by atomic mass is 32.2. The van der Waals surface area contributed by atoms with Crippen molar-refractivity contribution in [2.24, 2.45) is 0 Å². The number of benzene rings is 1. The van der Waals surface area contributed by atoms with Crippen molar-refractivity contribution in [2.45, 2.75) is 58.9 Å². The molecule has 0 aliphatic heterocycles. The van der Waals surface area contributed by atoms with Gasteiger partial charge >= 0.3 is 0 Å². The van der Waals surface area contributed by atoms with E-state index in [2.05, 4.69) is 21.9 Å². The standard InChI is InChI=1S/C19H27N3O3S2/c1-5-6-17-21-14(4)18(26-17)19(23)20-11-15-7-9-16(10-8-15)12-27(24,25)22-13(2)3/h7-10,13,22H,5-6,11-12H2,1-4H3,(H,20,23). The lowest BCUT2D eigenvalue weighted by Crippen LogP contribution is -2.31. The van der Waals surface area contributed by atoms with Crippen molar-refractivity contribution >= 4 is 27.3 Å². The number of amides is 1. The van der Waals surface area contributed by atoms with E-state index >= 15 is 0 Å². The molecule has 2 aromatic rings. The molecule has 6 nitrogen and oxygen atoms in total. The molecule has 0 saturated heterocycles. The minimum Gasteiger partial charge on any atom is -0.347 e. The van der Waals surface area contributed by atoms with E-state index < -0.39 is 10.0 Å². The van der Waals surface area contributed by atoms with Crippen LogP contribution in [0.5, 0.6) is 0 Å². The van der Waals surface area contributed by atoms with Crippen LogP contribution in [-0.4, -0.2) is 25.4 Å². The maximum Gasteiger partial charge on any atom is 0.263 e. The van der Waals surface area contributed by atoms with Crippen LogP contribution in [-0.2, 0) is 28.7 Å².